The molecule has 10 heteroatoms. The smallest absolute Gasteiger partial charge is 0.271 e. The van der Waals surface area contributed by atoms with E-state index in [0.29, 0.717) is 12.2 Å². The van der Waals surface area contributed by atoms with Gasteiger partial charge in [0, 0.05) is 24.1 Å². The first-order valence-electron chi connectivity index (χ1n) is 9.67. The maximum Gasteiger partial charge on any atom is 0.271 e. The second-order valence-corrected chi connectivity index (χ2v) is 10.2. The Morgan fingerprint density at radius 3 is 2.65 bits per heavy atom. The fourth-order valence-electron chi connectivity index (χ4n) is 3.63. The molecule has 0 saturated heterocycles. The van der Waals surface area contributed by atoms with Gasteiger partial charge in [0.1, 0.15) is 17.9 Å². The summed E-state index contributed by atoms with van der Waals surface area (Å²) in [7, 11) is -3.86. The van der Waals surface area contributed by atoms with Crippen LogP contribution in [-0.2, 0) is 14.8 Å². The van der Waals surface area contributed by atoms with Crippen molar-refractivity contribution in [1.82, 2.24) is 5.32 Å². The molecule has 1 amide bonds. The van der Waals surface area contributed by atoms with Gasteiger partial charge >= 0.3 is 0 Å². The maximum absolute atomic E-state index is 12.9. The Balaban J connectivity index is 1.86. The lowest BCUT2D eigenvalue weighted by Crippen LogP contribution is -2.45. The van der Waals surface area contributed by atoms with Gasteiger partial charge in [0.05, 0.1) is 22.9 Å². The number of rotatable bonds is 6. The molecule has 0 spiro atoms. The van der Waals surface area contributed by atoms with Crippen molar-refractivity contribution in [3.63, 3.8) is 0 Å². The summed E-state index contributed by atoms with van der Waals surface area (Å²) in [5.74, 6) is 0.151. The van der Waals surface area contributed by atoms with E-state index in [0.717, 1.165) is 27.8 Å². The maximum atomic E-state index is 12.9. The van der Waals surface area contributed by atoms with E-state index in [1.54, 1.807) is 0 Å². The highest BCUT2D eigenvalue weighted by Gasteiger charge is 2.35. The largest absolute Gasteiger partial charge is 0.487 e. The number of hydrogen-bond donors (Lipinski definition) is 1. The number of hydrogen-bond acceptors (Lipinski definition) is 6. The predicted octanol–water partition coefficient (Wildman–Crippen LogP) is 3.09. The Hall–Kier alpha value is -3.14. The topological polar surface area (TPSA) is 119 Å². The molecule has 1 aliphatic heterocycles. The fraction of sp³-hybridized carbons (Fsp3) is 0.381. The van der Waals surface area contributed by atoms with Gasteiger partial charge in [-0.05, 0) is 32.9 Å². The van der Waals surface area contributed by atoms with Crippen molar-refractivity contribution in [2.45, 2.75) is 38.8 Å². The Kier molecular flexibility index (Phi) is 5.95. The third kappa shape index (κ3) is 5.32. The minimum Gasteiger partial charge on any atom is -0.487 e. The number of nitro benzene ring substituents is 1. The number of benzene rings is 2. The lowest BCUT2D eigenvalue weighted by atomic mass is 9.89. The number of nitrogens with one attached hydrogen (secondary N) is 1. The van der Waals surface area contributed by atoms with E-state index in [1.807, 2.05) is 39.0 Å². The van der Waals surface area contributed by atoms with E-state index in [-0.39, 0.29) is 17.4 Å². The van der Waals surface area contributed by atoms with E-state index < -0.39 is 33.0 Å². The molecule has 166 valence electrons. The summed E-state index contributed by atoms with van der Waals surface area (Å²) in [5.41, 5.74) is 1.11. The number of nitrogens with zero attached hydrogens (tertiary/aromatic N) is 2. The van der Waals surface area contributed by atoms with Crippen molar-refractivity contribution in [3.8, 4) is 5.75 Å². The predicted molar refractivity (Wildman–Crippen MR) is 117 cm³/mol. The minimum atomic E-state index is -3.86. The van der Waals surface area contributed by atoms with Crippen LogP contribution in [0.2, 0.25) is 0 Å². The molecular weight excluding hydrogens is 422 g/mol. The molecule has 2 aromatic rings. The fourth-order valence-corrected chi connectivity index (χ4v) is 4.48. The molecule has 0 unspecified atom stereocenters. The number of ether oxygens (including phenoxy) is 1. The third-order valence-electron chi connectivity index (χ3n) is 4.97. The van der Waals surface area contributed by atoms with Gasteiger partial charge in [0.15, 0.2) is 0 Å². The molecule has 3 rings (SSSR count). The first kappa shape index (κ1) is 22.5. The van der Waals surface area contributed by atoms with Crippen LogP contribution < -0.4 is 14.4 Å². The third-order valence-corrected chi connectivity index (χ3v) is 6.11. The zero-order valence-corrected chi connectivity index (χ0v) is 18.6. The van der Waals surface area contributed by atoms with E-state index in [1.165, 1.54) is 18.2 Å². The second kappa shape index (κ2) is 8.18. The summed E-state index contributed by atoms with van der Waals surface area (Å²) in [6.45, 7) is 5.27. The number of aryl methyl sites for hydroxylation is 1. The van der Waals surface area contributed by atoms with Crippen molar-refractivity contribution in [2.75, 3.05) is 17.1 Å². The van der Waals surface area contributed by atoms with Gasteiger partial charge in [-0.3, -0.25) is 19.2 Å². The van der Waals surface area contributed by atoms with Crippen LogP contribution in [0.5, 0.6) is 5.75 Å². The molecule has 0 aliphatic carbocycles. The molecule has 0 radical (unpaired) electrons. The zero-order valence-electron chi connectivity index (χ0n) is 17.8. The SMILES string of the molecule is Cc1ccc2c(c1)[C@@H](NC(=O)CN(c1cccc([N+](=O)[O-])c1)S(C)(=O)=O)CC(C)(C)O2. The van der Waals surface area contributed by atoms with Crippen LogP contribution in [0.1, 0.15) is 37.4 Å². The van der Waals surface area contributed by atoms with E-state index in [9.17, 15) is 23.3 Å². The number of sulfonamides is 1. The monoisotopic (exact) mass is 447 g/mol. The van der Waals surface area contributed by atoms with Crippen molar-refractivity contribution in [2.24, 2.45) is 0 Å². The molecular formula is C21H25N3O6S. The summed E-state index contributed by atoms with van der Waals surface area (Å²) < 4.78 is 31.5. The van der Waals surface area contributed by atoms with E-state index in [2.05, 4.69) is 5.32 Å². The van der Waals surface area contributed by atoms with Crippen LogP contribution in [0.3, 0.4) is 0 Å². The van der Waals surface area contributed by atoms with Crippen LogP contribution in [0.4, 0.5) is 11.4 Å². The van der Waals surface area contributed by atoms with Gasteiger partial charge in [-0.1, -0.05) is 23.8 Å². The lowest BCUT2D eigenvalue weighted by molar-refractivity contribution is -0.384. The first-order chi connectivity index (χ1) is 14.4. The molecule has 0 aromatic heterocycles. The van der Waals surface area contributed by atoms with Gasteiger partial charge in [-0.2, -0.15) is 0 Å². The summed E-state index contributed by atoms with van der Waals surface area (Å²) in [6, 6.07) is 10.5. The number of carbonyl (C=O) groups excluding carboxylic acids is 1. The van der Waals surface area contributed by atoms with Crippen LogP contribution in [-0.4, -0.2) is 37.6 Å². The normalized spacial score (nSPS) is 17.2. The summed E-state index contributed by atoms with van der Waals surface area (Å²) >= 11 is 0. The first-order valence-corrected chi connectivity index (χ1v) is 11.5. The van der Waals surface area contributed by atoms with Gasteiger partial charge < -0.3 is 10.1 Å². The standard InChI is InChI=1S/C21H25N3O6S/c1-14-8-9-19-17(10-14)18(12-21(2,3)30-19)22-20(25)13-23(31(4,28)29)15-6-5-7-16(11-15)24(26)27/h5-11,18H,12-13H2,1-4H3,(H,22,25)/t18-/m0/s1. The van der Waals surface area contributed by atoms with Crippen molar-refractivity contribution < 1.29 is 22.9 Å². The summed E-state index contributed by atoms with van der Waals surface area (Å²) in [4.78, 5) is 23.3. The molecule has 2 aromatic carbocycles. The van der Waals surface area contributed by atoms with Crippen LogP contribution in [0, 0.1) is 17.0 Å². The van der Waals surface area contributed by atoms with Gasteiger partial charge in [-0.25, -0.2) is 8.42 Å². The van der Waals surface area contributed by atoms with Crippen molar-refractivity contribution in [3.05, 3.63) is 63.7 Å². The van der Waals surface area contributed by atoms with Gasteiger partial charge in [0.25, 0.3) is 5.69 Å². The summed E-state index contributed by atoms with van der Waals surface area (Å²) in [5, 5.41) is 14.0. The van der Waals surface area contributed by atoms with E-state index >= 15 is 0 Å². The van der Waals surface area contributed by atoms with Gasteiger partial charge in [-0.15, -0.1) is 0 Å². The number of non-ortho nitro benzene ring substituents is 1. The molecule has 9 nitrogen and oxygen atoms in total. The molecule has 0 saturated carbocycles. The van der Waals surface area contributed by atoms with Crippen LogP contribution in [0.15, 0.2) is 42.5 Å². The van der Waals surface area contributed by atoms with Crippen LogP contribution in [0.25, 0.3) is 0 Å². The molecule has 31 heavy (non-hydrogen) atoms. The zero-order chi connectivity index (χ0) is 23.0. The Bertz CT molecular complexity index is 1130. The second-order valence-electron chi connectivity index (χ2n) is 8.27. The molecule has 1 aliphatic rings. The molecule has 0 bridgehead atoms. The number of amides is 1. The Labute approximate surface area is 181 Å². The average Bonchev–Trinajstić information content (AvgIpc) is 2.65. The molecule has 1 atom stereocenters. The average molecular weight is 448 g/mol. The van der Waals surface area contributed by atoms with Gasteiger partial charge in [0.2, 0.25) is 15.9 Å². The van der Waals surface area contributed by atoms with E-state index in [4.69, 9.17) is 4.74 Å². The highest BCUT2D eigenvalue weighted by Crippen LogP contribution is 2.39. The van der Waals surface area contributed by atoms with Crippen molar-refractivity contribution >= 4 is 27.3 Å². The number of carbonyl (C=O) groups is 1. The minimum absolute atomic E-state index is 0.0513. The summed E-state index contributed by atoms with van der Waals surface area (Å²) in [6.07, 6.45) is 1.46. The van der Waals surface area contributed by atoms with Crippen molar-refractivity contribution in [1.29, 1.82) is 0 Å². The number of fused-ring (bicyclic) bond motifs is 1. The number of nitro groups is 1. The Morgan fingerprint density at radius 2 is 2.00 bits per heavy atom. The quantitative estimate of drug-likeness (QED) is 0.537. The highest BCUT2D eigenvalue weighted by molar-refractivity contribution is 7.92. The number of anilines is 1. The molecule has 1 heterocycles. The highest BCUT2D eigenvalue weighted by atomic mass is 32.2. The van der Waals surface area contributed by atoms with Crippen LogP contribution >= 0.6 is 0 Å². The molecule has 0 fully saturated rings. The lowest BCUT2D eigenvalue weighted by Gasteiger charge is -2.38. The molecule has 1 N–H and O–H groups in total. The Morgan fingerprint density at radius 1 is 1.29 bits per heavy atom.